The van der Waals surface area contributed by atoms with Gasteiger partial charge in [-0.1, -0.05) is 18.2 Å². The Hall–Kier alpha value is -1.36. The summed E-state index contributed by atoms with van der Waals surface area (Å²) in [5.74, 6) is 0. The lowest BCUT2D eigenvalue weighted by Crippen LogP contribution is -2.19. The summed E-state index contributed by atoms with van der Waals surface area (Å²) in [4.78, 5) is 3.94. The summed E-state index contributed by atoms with van der Waals surface area (Å²) in [6, 6.07) is 5.49. The van der Waals surface area contributed by atoms with Crippen LogP contribution in [0.1, 0.15) is 17.3 Å². The minimum Gasteiger partial charge on any atom is -0.287 e. The average molecular weight is 214 g/mol. The normalized spacial score (nSPS) is 20.9. The highest BCUT2D eigenvalue weighted by Crippen LogP contribution is 2.35. The molecular weight excluding hydrogens is 205 g/mol. The van der Waals surface area contributed by atoms with Gasteiger partial charge in [0, 0.05) is 18.3 Å². The number of benzene rings is 1. The van der Waals surface area contributed by atoms with Gasteiger partial charge in [0.1, 0.15) is 6.17 Å². The Morgan fingerprint density at radius 3 is 2.60 bits per heavy atom. The molecule has 15 heavy (non-hydrogen) atoms. The summed E-state index contributed by atoms with van der Waals surface area (Å²) in [6.45, 7) is 0.511. The van der Waals surface area contributed by atoms with E-state index in [0.717, 1.165) is 6.07 Å². The van der Waals surface area contributed by atoms with E-state index in [-0.39, 0.29) is 5.56 Å². The molecule has 1 unspecified atom stereocenters. The van der Waals surface area contributed by atoms with Crippen LogP contribution in [-0.4, -0.2) is 12.8 Å². The summed E-state index contributed by atoms with van der Waals surface area (Å²) in [5.41, 5.74) is -0.444. The molecule has 80 valence electrons. The van der Waals surface area contributed by atoms with Crippen LogP contribution in [0.5, 0.6) is 0 Å². The van der Waals surface area contributed by atoms with E-state index < -0.39 is 17.9 Å². The van der Waals surface area contributed by atoms with Crippen molar-refractivity contribution in [1.82, 2.24) is 5.32 Å². The predicted molar refractivity (Wildman–Crippen MR) is 50.7 cm³/mol. The molecule has 0 spiro atoms. The van der Waals surface area contributed by atoms with Crippen LogP contribution < -0.4 is 5.32 Å². The highest BCUT2D eigenvalue weighted by atomic mass is 19.4. The Kier molecular flexibility index (Phi) is 2.48. The minimum absolute atomic E-state index is 0.179. The summed E-state index contributed by atoms with van der Waals surface area (Å²) in [6.07, 6.45) is -3.31. The lowest BCUT2D eigenvalue weighted by molar-refractivity contribution is -0.138. The lowest BCUT2D eigenvalue weighted by Gasteiger charge is -2.15. The number of nitrogens with zero attached hydrogens (tertiary/aromatic N) is 1. The van der Waals surface area contributed by atoms with Gasteiger partial charge in [-0.25, -0.2) is 0 Å². The third kappa shape index (κ3) is 2.02. The number of hydrogen-bond acceptors (Lipinski definition) is 2. The first-order chi connectivity index (χ1) is 7.09. The van der Waals surface area contributed by atoms with E-state index in [9.17, 15) is 13.2 Å². The average Bonchev–Trinajstić information content (AvgIpc) is 2.69. The van der Waals surface area contributed by atoms with Crippen molar-refractivity contribution in [3.63, 3.8) is 0 Å². The van der Waals surface area contributed by atoms with E-state index in [1.165, 1.54) is 12.1 Å². The number of nitrogens with one attached hydrogen (secondary N) is 1. The van der Waals surface area contributed by atoms with Gasteiger partial charge < -0.3 is 0 Å². The van der Waals surface area contributed by atoms with Gasteiger partial charge in [-0.05, 0) is 6.07 Å². The Balaban J connectivity index is 2.42. The lowest BCUT2D eigenvalue weighted by atomic mass is 10.1. The van der Waals surface area contributed by atoms with Gasteiger partial charge in [0.25, 0.3) is 0 Å². The Morgan fingerprint density at radius 1 is 1.27 bits per heavy atom. The van der Waals surface area contributed by atoms with Crippen molar-refractivity contribution in [3.8, 4) is 0 Å². The molecule has 0 fully saturated rings. The molecule has 5 heteroatoms. The van der Waals surface area contributed by atoms with Gasteiger partial charge in [-0.3, -0.25) is 10.3 Å². The largest absolute Gasteiger partial charge is 0.416 e. The van der Waals surface area contributed by atoms with Crippen LogP contribution in [0.2, 0.25) is 0 Å². The first kappa shape index (κ1) is 10.2. The zero-order chi connectivity index (χ0) is 10.9. The van der Waals surface area contributed by atoms with Crippen LogP contribution in [-0.2, 0) is 6.18 Å². The Morgan fingerprint density at radius 2 is 2.00 bits per heavy atom. The van der Waals surface area contributed by atoms with E-state index in [2.05, 4.69) is 10.3 Å². The first-order valence-corrected chi connectivity index (χ1v) is 4.50. The van der Waals surface area contributed by atoms with Crippen LogP contribution in [0, 0.1) is 0 Å². The maximum Gasteiger partial charge on any atom is 0.416 e. The second kappa shape index (κ2) is 3.66. The minimum atomic E-state index is -4.32. The van der Waals surface area contributed by atoms with Crippen LogP contribution in [0.15, 0.2) is 29.3 Å². The van der Waals surface area contributed by atoms with E-state index >= 15 is 0 Å². The molecule has 0 aromatic heterocycles. The molecule has 2 nitrogen and oxygen atoms in total. The Labute approximate surface area is 84.8 Å². The fourth-order valence-electron chi connectivity index (χ4n) is 1.56. The molecule has 1 aromatic carbocycles. The van der Waals surface area contributed by atoms with Crippen molar-refractivity contribution in [3.05, 3.63) is 35.4 Å². The van der Waals surface area contributed by atoms with Crippen molar-refractivity contribution >= 4 is 6.21 Å². The molecule has 2 rings (SSSR count). The standard InChI is InChI=1S/C10H9F3N2/c11-10(12,13)8-4-2-1-3-7(8)9-14-5-6-15-9/h1-5,9,15H,6H2. The van der Waals surface area contributed by atoms with Gasteiger partial charge in [0.15, 0.2) is 0 Å². The van der Waals surface area contributed by atoms with Crippen molar-refractivity contribution in [2.75, 3.05) is 6.54 Å². The number of hydrogen-bond donors (Lipinski definition) is 1. The van der Waals surface area contributed by atoms with Crippen molar-refractivity contribution < 1.29 is 13.2 Å². The SMILES string of the molecule is FC(F)(F)c1ccccc1C1N=CCN1. The second-order valence-corrected chi connectivity index (χ2v) is 3.23. The number of halogens is 3. The monoisotopic (exact) mass is 214 g/mol. The van der Waals surface area contributed by atoms with E-state index in [1.807, 2.05) is 0 Å². The summed E-state index contributed by atoms with van der Waals surface area (Å²) in [7, 11) is 0. The summed E-state index contributed by atoms with van der Waals surface area (Å²) >= 11 is 0. The maximum atomic E-state index is 12.6. The second-order valence-electron chi connectivity index (χ2n) is 3.23. The molecule has 0 aliphatic carbocycles. The maximum absolute atomic E-state index is 12.6. The van der Waals surface area contributed by atoms with E-state index in [1.54, 1.807) is 12.3 Å². The highest BCUT2D eigenvalue weighted by Gasteiger charge is 2.35. The van der Waals surface area contributed by atoms with E-state index in [0.29, 0.717) is 6.54 Å². The van der Waals surface area contributed by atoms with Crippen molar-refractivity contribution in [1.29, 1.82) is 0 Å². The zero-order valence-electron chi connectivity index (χ0n) is 7.75. The molecule has 0 radical (unpaired) electrons. The molecule has 1 aromatic rings. The Bertz CT molecular complexity index is 384. The van der Waals surface area contributed by atoms with E-state index in [4.69, 9.17) is 0 Å². The van der Waals surface area contributed by atoms with Gasteiger partial charge in [-0.15, -0.1) is 0 Å². The third-order valence-corrected chi connectivity index (χ3v) is 2.22. The van der Waals surface area contributed by atoms with Crippen molar-refractivity contribution in [2.45, 2.75) is 12.3 Å². The molecule has 0 saturated heterocycles. The number of alkyl halides is 3. The predicted octanol–water partition coefficient (Wildman–Crippen LogP) is 2.38. The van der Waals surface area contributed by atoms with Gasteiger partial charge in [-0.2, -0.15) is 13.2 Å². The molecule has 1 atom stereocenters. The summed E-state index contributed by atoms with van der Waals surface area (Å²) < 4.78 is 37.9. The van der Waals surface area contributed by atoms with Crippen molar-refractivity contribution in [2.24, 2.45) is 4.99 Å². The number of rotatable bonds is 1. The fourth-order valence-corrected chi connectivity index (χ4v) is 1.56. The van der Waals surface area contributed by atoms with Gasteiger partial charge in [0.05, 0.1) is 5.56 Å². The molecule has 1 heterocycles. The molecule has 0 saturated carbocycles. The third-order valence-electron chi connectivity index (χ3n) is 2.22. The van der Waals surface area contributed by atoms with Crippen LogP contribution in [0.25, 0.3) is 0 Å². The molecule has 1 aliphatic rings. The molecule has 1 N–H and O–H groups in total. The molecular formula is C10H9F3N2. The summed E-state index contributed by atoms with van der Waals surface area (Å²) in [5, 5.41) is 2.86. The highest BCUT2D eigenvalue weighted by molar-refractivity contribution is 5.62. The topological polar surface area (TPSA) is 24.4 Å². The quantitative estimate of drug-likeness (QED) is 0.762. The fraction of sp³-hybridized carbons (Fsp3) is 0.300. The van der Waals surface area contributed by atoms with Crippen LogP contribution in [0.3, 0.4) is 0 Å². The molecule has 0 amide bonds. The van der Waals surface area contributed by atoms with Crippen LogP contribution >= 0.6 is 0 Å². The van der Waals surface area contributed by atoms with Crippen LogP contribution in [0.4, 0.5) is 13.2 Å². The number of aliphatic imine (C=N–C) groups is 1. The molecule has 1 aliphatic heterocycles. The van der Waals surface area contributed by atoms with Gasteiger partial charge >= 0.3 is 6.18 Å². The molecule has 0 bridgehead atoms. The van der Waals surface area contributed by atoms with Gasteiger partial charge in [0.2, 0.25) is 0 Å². The smallest absolute Gasteiger partial charge is 0.287 e. The first-order valence-electron chi connectivity index (χ1n) is 4.50. The zero-order valence-corrected chi connectivity index (χ0v) is 7.75.